The van der Waals surface area contributed by atoms with Gasteiger partial charge >= 0.3 is 0 Å². The molecule has 2 amide bonds. The van der Waals surface area contributed by atoms with Crippen molar-refractivity contribution in [2.24, 2.45) is 5.73 Å². The molecular weight excluding hydrogens is 408 g/mol. The molecule has 8 heteroatoms. The van der Waals surface area contributed by atoms with E-state index in [1.54, 1.807) is 48.5 Å². The Balaban J connectivity index is 1.59. The number of carbonyl (C=O) groups is 2. The number of nitrogens with two attached hydrogens (primary N) is 1. The minimum absolute atomic E-state index is 0.0731. The summed E-state index contributed by atoms with van der Waals surface area (Å²) in [4.78, 5) is 37.3. The van der Waals surface area contributed by atoms with Gasteiger partial charge in [-0.1, -0.05) is 48.0 Å². The van der Waals surface area contributed by atoms with Crippen molar-refractivity contribution in [3.63, 3.8) is 0 Å². The SMILES string of the molecule is Cc1ccc(Oc2ccccc2NC(=O)Cn2nc(C(N)=O)c3ccccc3c2=O)cc1. The van der Waals surface area contributed by atoms with Gasteiger partial charge in [0.15, 0.2) is 11.4 Å². The van der Waals surface area contributed by atoms with Gasteiger partial charge < -0.3 is 15.8 Å². The highest BCUT2D eigenvalue weighted by atomic mass is 16.5. The van der Waals surface area contributed by atoms with Crippen LogP contribution in [0, 0.1) is 6.92 Å². The minimum Gasteiger partial charge on any atom is -0.455 e. The Morgan fingerprint density at radius 1 is 0.969 bits per heavy atom. The summed E-state index contributed by atoms with van der Waals surface area (Å²) in [6, 6.07) is 20.9. The molecule has 32 heavy (non-hydrogen) atoms. The highest BCUT2D eigenvalue weighted by Gasteiger charge is 2.16. The molecular formula is C24H20N4O4. The fourth-order valence-corrected chi connectivity index (χ4v) is 3.24. The molecule has 0 radical (unpaired) electrons. The standard InChI is InChI=1S/C24H20N4O4/c1-15-10-12-16(13-11-15)32-20-9-5-4-8-19(20)26-21(29)14-28-24(31)18-7-3-2-6-17(18)22(27-28)23(25)30/h2-13H,14H2,1H3,(H2,25,30)(H,26,29). The van der Waals surface area contributed by atoms with Crippen molar-refractivity contribution in [1.29, 1.82) is 0 Å². The van der Waals surface area contributed by atoms with Gasteiger partial charge in [-0.15, -0.1) is 0 Å². The molecule has 0 fully saturated rings. The number of hydrogen-bond acceptors (Lipinski definition) is 5. The molecule has 0 aliphatic heterocycles. The molecule has 0 saturated heterocycles. The summed E-state index contributed by atoms with van der Waals surface area (Å²) in [7, 11) is 0. The van der Waals surface area contributed by atoms with Crippen molar-refractivity contribution in [3.05, 3.63) is 94.4 Å². The second kappa shape index (κ2) is 8.73. The van der Waals surface area contributed by atoms with Gasteiger partial charge in [-0.3, -0.25) is 14.4 Å². The number of hydrogen-bond donors (Lipinski definition) is 2. The van der Waals surface area contributed by atoms with Gasteiger partial charge in [0.05, 0.1) is 11.1 Å². The van der Waals surface area contributed by atoms with E-state index in [0.717, 1.165) is 10.2 Å². The number of carbonyl (C=O) groups excluding carboxylic acids is 2. The molecule has 0 aliphatic rings. The lowest BCUT2D eigenvalue weighted by Gasteiger charge is -2.13. The monoisotopic (exact) mass is 428 g/mol. The maximum absolute atomic E-state index is 12.8. The van der Waals surface area contributed by atoms with Crippen LogP contribution in [0.15, 0.2) is 77.6 Å². The molecule has 4 rings (SSSR count). The molecule has 160 valence electrons. The summed E-state index contributed by atoms with van der Waals surface area (Å²) in [6.07, 6.45) is 0. The first-order valence-electron chi connectivity index (χ1n) is 9.85. The number of aromatic nitrogens is 2. The number of benzene rings is 3. The smallest absolute Gasteiger partial charge is 0.275 e. The molecule has 0 unspecified atom stereocenters. The van der Waals surface area contributed by atoms with Crippen LogP contribution >= 0.6 is 0 Å². The van der Waals surface area contributed by atoms with Gasteiger partial charge in [0.25, 0.3) is 11.5 Å². The van der Waals surface area contributed by atoms with Crippen molar-refractivity contribution in [3.8, 4) is 11.5 Å². The Morgan fingerprint density at radius 3 is 2.34 bits per heavy atom. The fraction of sp³-hybridized carbons (Fsp3) is 0.0833. The van der Waals surface area contributed by atoms with Crippen molar-refractivity contribution >= 4 is 28.3 Å². The largest absolute Gasteiger partial charge is 0.455 e. The number of primary amides is 1. The number of aryl methyl sites for hydroxylation is 1. The lowest BCUT2D eigenvalue weighted by molar-refractivity contribution is -0.117. The van der Waals surface area contributed by atoms with E-state index in [4.69, 9.17) is 10.5 Å². The Kier molecular flexibility index (Phi) is 5.67. The third kappa shape index (κ3) is 4.34. The first-order chi connectivity index (χ1) is 15.4. The number of fused-ring (bicyclic) bond motifs is 1. The van der Waals surface area contributed by atoms with Crippen LogP contribution in [0.5, 0.6) is 11.5 Å². The second-order valence-corrected chi connectivity index (χ2v) is 7.18. The predicted octanol–water partition coefficient (Wildman–Crippen LogP) is 3.23. The first-order valence-corrected chi connectivity index (χ1v) is 9.85. The first kappa shape index (κ1) is 20.8. The Hall–Kier alpha value is -4.46. The molecule has 0 aliphatic carbocycles. The zero-order valence-corrected chi connectivity index (χ0v) is 17.2. The van der Waals surface area contributed by atoms with Crippen molar-refractivity contribution in [2.45, 2.75) is 13.5 Å². The predicted molar refractivity (Wildman–Crippen MR) is 121 cm³/mol. The number of para-hydroxylation sites is 2. The van der Waals surface area contributed by atoms with E-state index in [9.17, 15) is 14.4 Å². The normalized spacial score (nSPS) is 10.7. The van der Waals surface area contributed by atoms with Gasteiger partial charge in [-0.05, 0) is 37.3 Å². The van der Waals surface area contributed by atoms with Crippen LogP contribution in [-0.2, 0) is 11.3 Å². The van der Waals surface area contributed by atoms with E-state index >= 15 is 0 Å². The van der Waals surface area contributed by atoms with E-state index in [1.165, 1.54) is 0 Å². The van der Waals surface area contributed by atoms with Gasteiger partial charge in [0.1, 0.15) is 12.3 Å². The average Bonchev–Trinajstić information content (AvgIpc) is 2.78. The number of amides is 2. The van der Waals surface area contributed by atoms with Gasteiger partial charge in [0.2, 0.25) is 5.91 Å². The lowest BCUT2D eigenvalue weighted by atomic mass is 10.1. The van der Waals surface area contributed by atoms with Crippen LogP contribution in [0.1, 0.15) is 16.1 Å². The zero-order chi connectivity index (χ0) is 22.7. The second-order valence-electron chi connectivity index (χ2n) is 7.18. The topological polar surface area (TPSA) is 116 Å². The number of nitrogens with one attached hydrogen (secondary N) is 1. The highest BCUT2D eigenvalue weighted by molar-refractivity contribution is 6.04. The van der Waals surface area contributed by atoms with Crippen LogP contribution in [0.2, 0.25) is 0 Å². The summed E-state index contributed by atoms with van der Waals surface area (Å²) in [5.74, 6) is -0.227. The molecule has 0 spiro atoms. The summed E-state index contributed by atoms with van der Waals surface area (Å²) in [6.45, 7) is 1.58. The molecule has 3 N–H and O–H groups in total. The Bertz CT molecular complexity index is 1380. The molecule has 3 aromatic carbocycles. The Labute approximate surface area is 183 Å². The van der Waals surface area contributed by atoms with Gasteiger partial charge in [-0.25, -0.2) is 4.68 Å². The van der Waals surface area contributed by atoms with E-state index < -0.39 is 23.9 Å². The number of nitrogens with zero attached hydrogens (tertiary/aromatic N) is 2. The van der Waals surface area contributed by atoms with Gasteiger partial charge in [-0.2, -0.15) is 5.10 Å². The molecule has 8 nitrogen and oxygen atoms in total. The number of ether oxygens (including phenoxy) is 1. The van der Waals surface area contributed by atoms with Crippen LogP contribution < -0.4 is 21.3 Å². The molecule has 4 aromatic rings. The van der Waals surface area contributed by atoms with E-state index in [-0.39, 0.29) is 11.1 Å². The highest BCUT2D eigenvalue weighted by Crippen LogP contribution is 2.29. The number of rotatable bonds is 6. The summed E-state index contributed by atoms with van der Waals surface area (Å²) >= 11 is 0. The lowest BCUT2D eigenvalue weighted by Crippen LogP contribution is -2.32. The van der Waals surface area contributed by atoms with Crippen LogP contribution in [0.25, 0.3) is 10.8 Å². The third-order valence-electron chi connectivity index (χ3n) is 4.80. The Morgan fingerprint density at radius 2 is 1.62 bits per heavy atom. The molecule has 1 aromatic heterocycles. The maximum Gasteiger partial charge on any atom is 0.275 e. The zero-order valence-electron chi connectivity index (χ0n) is 17.2. The fourth-order valence-electron chi connectivity index (χ4n) is 3.24. The molecule has 1 heterocycles. The van der Waals surface area contributed by atoms with E-state index in [0.29, 0.717) is 22.6 Å². The van der Waals surface area contributed by atoms with Crippen molar-refractivity contribution in [1.82, 2.24) is 9.78 Å². The summed E-state index contributed by atoms with van der Waals surface area (Å²) < 4.78 is 6.82. The molecule has 0 atom stereocenters. The average molecular weight is 428 g/mol. The number of anilines is 1. The maximum atomic E-state index is 12.8. The summed E-state index contributed by atoms with van der Waals surface area (Å²) in [5, 5.41) is 7.35. The quantitative estimate of drug-likeness (QED) is 0.489. The van der Waals surface area contributed by atoms with Crippen LogP contribution in [0.4, 0.5) is 5.69 Å². The van der Waals surface area contributed by atoms with Gasteiger partial charge in [0, 0.05) is 5.39 Å². The van der Waals surface area contributed by atoms with E-state index in [2.05, 4.69) is 10.4 Å². The van der Waals surface area contributed by atoms with Crippen molar-refractivity contribution in [2.75, 3.05) is 5.32 Å². The van der Waals surface area contributed by atoms with Crippen LogP contribution in [-0.4, -0.2) is 21.6 Å². The van der Waals surface area contributed by atoms with E-state index in [1.807, 2.05) is 31.2 Å². The molecule has 0 saturated carbocycles. The minimum atomic E-state index is -0.785. The van der Waals surface area contributed by atoms with Crippen LogP contribution in [0.3, 0.4) is 0 Å². The molecule has 0 bridgehead atoms. The van der Waals surface area contributed by atoms with Crippen molar-refractivity contribution < 1.29 is 14.3 Å². The summed E-state index contributed by atoms with van der Waals surface area (Å²) in [5.41, 5.74) is 6.39. The third-order valence-corrected chi connectivity index (χ3v) is 4.80.